The van der Waals surface area contributed by atoms with Crippen molar-refractivity contribution in [3.05, 3.63) is 56.0 Å². The topological polar surface area (TPSA) is 76.1 Å². The highest BCUT2D eigenvalue weighted by molar-refractivity contribution is 5.51. The molecule has 2 aromatic rings. The Balaban J connectivity index is 0.00000288. The molecule has 5 nitrogen and oxygen atoms in total. The third-order valence-electron chi connectivity index (χ3n) is 3.91. The second kappa shape index (κ2) is 9.03. The van der Waals surface area contributed by atoms with Gasteiger partial charge in [0, 0.05) is 22.7 Å². The molecule has 0 atom stereocenters. The highest BCUT2D eigenvalue weighted by atomic mass is 15.3. The smallest absolute Gasteiger partial charge is 0.0958 e. The van der Waals surface area contributed by atoms with E-state index in [1.54, 1.807) is 0 Å². The van der Waals surface area contributed by atoms with Gasteiger partial charge in [0.05, 0.1) is 40.3 Å². The maximum atomic E-state index is 5.69. The summed E-state index contributed by atoms with van der Waals surface area (Å²) in [5.74, 6) is 0. The monoisotopic (exact) mass is 329 g/mol. The van der Waals surface area contributed by atoms with Gasteiger partial charge in [-0.15, -0.1) is 0 Å². The van der Waals surface area contributed by atoms with Gasteiger partial charge in [-0.3, -0.25) is 0 Å². The molecule has 0 unspecified atom stereocenters. The van der Waals surface area contributed by atoms with Gasteiger partial charge in [0.15, 0.2) is 0 Å². The van der Waals surface area contributed by atoms with E-state index in [-0.39, 0.29) is 7.43 Å². The molecule has 0 bridgehead atoms. The summed E-state index contributed by atoms with van der Waals surface area (Å²) >= 11 is 0. The first-order valence-electron chi connectivity index (χ1n) is 7.95. The van der Waals surface area contributed by atoms with Crippen molar-refractivity contribution in [3.8, 4) is 0 Å². The van der Waals surface area contributed by atoms with E-state index in [9.17, 15) is 0 Å². The van der Waals surface area contributed by atoms with Crippen LogP contribution in [0.15, 0.2) is 48.5 Å². The van der Waals surface area contributed by atoms with Crippen molar-refractivity contribution >= 4 is 22.7 Å². The van der Waals surface area contributed by atoms with Crippen molar-refractivity contribution in [1.29, 1.82) is 0 Å². The van der Waals surface area contributed by atoms with Crippen LogP contribution >= 0.6 is 0 Å². The second-order valence-electron chi connectivity index (χ2n) is 6.48. The SMILES string of the molecule is C[N+](C)(CCNc1ccc(N)cc1)CCNc1ccc(N)cc1.[CH3-]. The summed E-state index contributed by atoms with van der Waals surface area (Å²) in [6, 6.07) is 15.7. The summed E-state index contributed by atoms with van der Waals surface area (Å²) < 4.78 is 0.948. The first-order chi connectivity index (χ1) is 10.9. The highest BCUT2D eigenvalue weighted by Crippen LogP contribution is 2.11. The minimum absolute atomic E-state index is 0. The largest absolute Gasteiger partial charge is 0.399 e. The maximum absolute atomic E-state index is 5.69. The number of hydrogen-bond acceptors (Lipinski definition) is 4. The van der Waals surface area contributed by atoms with E-state index in [1.165, 1.54) is 0 Å². The normalized spacial score (nSPS) is 10.8. The van der Waals surface area contributed by atoms with E-state index in [2.05, 4.69) is 24.7 Å². The zero-order valence-corrected chi connectivity index (χ0v) is 15.0. The van der Waals surface area contributed by atoms with Gasteiger partial charge in [0.25, 0.3) is 0 Å². The van der Waals surface area contributed by atoms with Crippen LogP contribution in [-0.2, 0) is 0 Å². The summed E-state index contributed by atoms with van der Waals surface area (Å²) in [6.07, 6.45) is 0. The van der Waals surface area contributed by atoms with Crippen molar-refractivity contribution in [3.63, 3.8) is 0 Å². The highest BCUT2D eigenvalue weighted by Gasteiger charge is 2.13. The molecule has 5 heteroatoms. The van der Waals surface area contributed by atoms with E-state index in [1.807, 2.05) is 48.5 Å². The molecule has 0 fully saturated rings. The third kappa shape index (κ3) is 6.79. The van der Waals surface area contributed by atoms with Crippen molar-refractivity contribution in [2.75, 3.05) is 62.4 Å². The molecule has 2 rings (SSSR count). The van der Waals surface area contributed by atoms with Gasteiger partial charge in [-0.1, -0.05) is 0 Å². The molecule has 132 valence electrons. The molecular formula is C19H31N5. The molecule has 0 aliphatic rings. The van der Waals surface area contributed by atoms with Crippen LogP contribution in [0.4, 0.5) is 22.7 Å². The number of rotatable bonds is 8. The Morgan fingerprint density at radius 1 is 0.708 bits per heavy atom. The number of nitrogens with zero attached hydrogens (tertiary/aromatic N) is 1. The lowest BCUT2D eigenvalue weighted by molar-refractivity contribution is -0.886. The summed E-state index contributed by atoms with van der Waals surface area (Å²) in [6.45, 7) is 3.96. The Kier molecular flexibility index (Phi) is 7.39. The van der Waals surface area contributed by atoms with Crippen LogP contribution in [0.1, 0.15) is 0 Å². The summed E-state index contributed by atoms with van der Waals surface area (Å²) in [7, 11) is 4.49. The number of anilines is 4. The van der Waals surface area contributed by atoms with Gasteiger partial charge in [-0.25, -0.2) is 0 Å². The molecule has 0 saturated heterocycles. The van der Waals surface area contributed by atoms with Crippen LogP contribution in [0.25, 0.3) is 0 Å². The fourth-order valence-electron chi connectivity index (χ4n) is 2.32. The molecule has 0 aliphatic carbocycles. The van der Waals surface area contributed by atoms with Crippen LogP contribution in [0, 0.1) is 7.43 Å². The molecule has 0 aromatic heterocycles. The van der Waals surface area contributed by atoms with Crippen molar-refractivity contribution in [2.45, 2.75) is 0 Å². The van der Waals surface area contributed by atoms with E-state index < -0.39 is 0 Å². The third-order valence-corrected chi connectivity index (χ3v) is 3.91. The molecule has 0 aliphatic heterocycles. The van der Waals surface area contributed by atoms with Gasteiger partial charge in [-0.05, 0) is 48.5 Å². The molecule has 0 saturated carbocycles. The fraction of sp³-hybridized carbons (Fsp3) is 0.316. The van der Waals surface area contributed by atoms with Crippen LogP contribution in [0.5, 0.6) is 0 Å². The molecule has 0 amide bonds. The minimum Gasteiger partial charge on any atom is -0.399 e. The lowest BCUT2D eigenvalue weighted by Gasteiger charge is -2.30. The molecule has 2 aromatic carbocycles. The number of hydrogen-bond donors (Lipinski definition) is 4. The number of nitrogens with one attached hydrogen (secondary N) is 2. The summed E-state index contributed by atoms with van der Waals surface area (Å²) in [5.41, 5.74) is 15.2. The average Bonchev–Trinajstić information content (AvgIpc) is 2.51. The van der Waals surface area contributed by atoms with E-state index in [0.29, 0.717) is 0 Å². The zero-order valence-electron chi connectivity index (χ0n) is 15.0. The number of likely N-dealkylation sites (N-methyl/N-ethyl adjacent to an activating group) is 1. The van der Waals surface area contributed by atoms with Crippen LogP contribution in [0.2, 0.25) is 0 Å². The predicted octanol–water partition coefficient (Wildman–Crippen LogP) is 2.90. The van der Waals surface area contributed by atoms with Crippen LogP contribution < -0.4 is 22.1 Å². The maximum Gasteiger partial charge on any atom is 0.0958 e. The van der Waals surface area contributed by atoms with E-state index in [0.717, 1.165) is 53.4 Å². The first kappa shape index (κ1) is 19.6. The molecule has 24 heavy (non-hydrogen) atoms. The number of quaternary nitrogens is 1. The number of nitrogen functional groups attached to an aromatic ring is 2. The fourth-order valence-corrected chi connectivity index (χ4v) is 2.32. The van der Waals surface area contributed by atoms with E-state index in [4.69, 9.17) is 11.5 Å². The van der Waals surface area contributed by atoms with Gasteiger partial charge < -0.3 is 34.0 Å². The Morgan fingerprint density at radius 2 is 1.04 bits per heavy atom. The summed E-state index contributed by atoms with van der Waals surface area (Å²) in [4.78, 5) is 0. The van der Waals surface area contributed by atoms with Gasteiger partial charge in [0.1, 0.15) is 0 Å². The quantitative estimate of drug-likeness (QED) is 0.341. The summed E-state index contributed by atoms with van der Waals surface area (Å²) in [5, 5.41) is 6.87. The molecular weight excluding hydrogens is 298 g/mol. The van der Waals surface area contributed by atoms with Crippen molar-refractivity contribution in [2.24, 2.45) is 0 Å². The zero-order chi connectivity index (χ0) is 16.7. The first-order valence-corrected chi connectivity index (χ1v) is 7.95. The molecule has 0 spiro atoms. The van der Waals surface area contributed by atoms with Gasteiger partial charge in [0.2, 0.25) is 0 Å². The molecule has 0 radical (unpaired) electrons. The standard InChI is InChI=1S/C18H28N5.CH3/c1-23(2,13-11-21-17-7-3-15(19)4-8-17)14-12-22-18-9-5-16(20)6-10-18;/h3-10,21-22H,11-14,19-20H2,1-2H3;1H3/q+1;-1. The lowest BCUT2D eigenvalue weighted by Crippen LogP contribution is -2.46. The Bertz CT molecular complexity index is 537. The van der Waals surface area contributed by atoms with Crippen LogP contribution in [0.3, 0.4) is 0 Å². The van der Waals surface area contributed by atoms with Gasteiger partial charge in [-0.2, -0.15) is 0 Å². The molecule has 6 N–H and O–H groups in total. The Morgan fingerprint density at radius 3 is 1.38 bits per heavy atom. The van der Waals surface area contributed by atoms with Crippen molar-refractivity contribution in [1.82, 2.24) is 0 Å². The average molecular weight is 329 g/mol. The Hall–Kier alpha value is -2.40. The lowest BCUT2D eigenvalue weighted by atomic mass is 10.3. The minimum atomic E-state index is 0. The van der Waals surface area contributed by atoms with Gasteiger partial charge >= 0.3 is 0 Å². The van der Waals surface area contributed by atoms with E-state index >= 15 is 0 Å². The second-order valence-corrected chi connectivity index (χ2v) is 6.48. The number of nitrogens with two attached hydrogens (primary N) is 2. The Labute approximate surface area is 146 Å². The van der Waals surface area contributed by atoms with Crippen LogP contribution in [-0.4, -0.2) is 44.8 Å². The predicted molar refractivity (Wildman–Crippen MR) is 107 cm³/mol. The molecule has 0 heterocycles. The number of benzene rings is 2. The van der Waals surface area contributed by atoms with Crippen molar-refractivity contribution < 1.29 is 4.48 Å².